The van der Waals surface area contributed by atoms with Gasteiger partial charge in [0.2, 0.25) is 0 Å². The van der Waals surface area contributed by atoms with Gasteiger partial charge in [-0.05, 0) is 32.5 Å². The third-order valence-electron chi connectivity index (χ3n) is 2.69. The molecule has 2 rings (SSSR count). The smallest absolute Gasteiger partial charge is 0.280 e. The van der Waals surface area contributed by atoms with Crippen LogP contribution >= 0.6 is 0 Å². The van der Waals surface area contributed by atoms with Crippen LogP contribution in [0.3, 0.4) is 0 Å². The first kappa shape index (κ1) is 15.8. The van der Waals surface area contributed by atoms with E-state index in [1.165, 1.54) is 36.4 Å². The second-order valence-corrected chi connectivity index (χ2v) is 14.4. The first-order valence-electron chi connectivity index (χ1n) is 5.64. The first-order valence-corrected chi connectivity index (χ1v) is 11.5. The van der Waals surface area contributed by atoms with Gasteiger partial charge in [0.1, 0.15) is 0 Å². The summed E-state index contributed by atoms with van der Waals surface area (Å²) >= 11 is 0. The predicted molar refractivity (Wildman–Crippen MR) is 79.4 cm³/mol. The van der Waals surface area contributed by atoms with Crippen molar-refractivity contribution in [3.63, 3.8) is 0 Å². The van der Waals surface area contributed by atoms with Crippen LogP contribution in [0.5, 0.6) is 0 Å². The molecule has 0 aliphatic carbocycles. The van der Waals surface area contributed by atoms with E-state index in [1.54, 1.807) is 0 Å². The zero-order valence-electron chi connectivity index (χ0n) is 10.5. The average Bonchev–Trinajstić information content (AvgIpc) is 2.48. The molecule has 0 aliphatic rings. The van der Waals surface area contributed by atoms with Crippen molar-refractivity contribution >= 4 is 26.0 Å². The van der Waals surface area contributed by atoms with Crippen LogP contribution in [0.15, 0.2) is 70.5 Å². The lowest BCUT2D eigenvalue weighted by atomic mass is 10.4. The molecule has 6 nitrogen and oxygen atoms in total. The van der Waals surface area contributed by atoms with Crippen molar-refractivity contribution in [1.29, 1.82) is 0 Å². The number of hydrogen-bond acceptors (Lipinski definition) is 5. The summed E-state index contributed by atoms with van der Waals surface area (Å²) in [7, 11) is -15.4. The SMILES string of the molecule is O=S(=O)(c1ccccc1)[SH](=O)(O)S(=O)(=O)c1ccccc1. The Morgan fingerprint density at radius 3 is 1.24 bits per heavy atom. The van der Waals surface area contributed by atoms with Crippen molar-refractivity contribution in [1.82, 2.24) is 0 Å². The Bertz CT molecular complexity index is 813. The second-order valence-electron chi connectivity index (χ2n) is 4.04. The van der Waals surface area contributed by atoms with Crippen LogP contribution in [0.4, 0.5) is 0 Å². The molecule has 0 atom stereocenters. The van der Waals surface area contributed by atoms with Crippen molar-refractivity contribution in [3.8, 4) is 0 Å². The van der Waals surface area contributed by atoms with Crippen molar-refractivity contribution in [2.45, 2.75) is 9.79 Å². The molecule has 0 saturated heterocycles. The molecule has 0 amide bonds. The Labute approximate surface area is 122 Å². The van der Waals surface area contributed by atoms with Gasteiger partial charge in [0.15, 0.2) is 0 Å². The van der Waals surface area contributed by atoms with Crippen molar-refractivity contribution in [2.75, 3.05) is 0 Å². The second kappa shape index (κ2) is 5.34. The molecule has 0 fully saturated rings. The lowest BCUT2D eigenvalue weighted by Gasteiger charge is -2.23. The molecule has 1 N–H and O–H groups in total. The highest BCUT2D eigenvalue weighted by Gasteiger charge is 2.39. The quantitative estimate of drug-likeness (QED) is 0.636. The van der Waals surface area contributed by atoms with Crippen molar-refractivity contribution in [2.24, 2.45) is 0 Å². The zero-order valence-corrected chi connectivity index (χ0v) is 13.1. The van der Waals surface area contributed by atoms with Crippen molar-refractivity contribution < 1.29 is 25.6 Å². The number of hydrogen-bond donors (Lipinski definition) is 2. The lowest BCUT2D eigenvalue weighted by Crippen LogP contribution is -2.31. The van der Waals surface area contributed by atoms with E-state index in [1.807, 2.05) is 0 Å². The molecule has 21 heavy (non-hydrogen) atoms. The molecule has 0 unspecified atom stereocenters. The minimum atomic E-state index is -5.60. The highest BCUT2D eigenvalue weighted by atomic mass is 33.6. The summed E-state index contributed by atoms with van der Waals surface area (Å²) in [6.45, 7) is 0. The Balaban J connectivity index is 2.66. The van der Waals surface area contributed by atoms with Gasteiger partial charge in [-0.2, -0.15) is 4.21 Å². The van der Waals surface area contributed by atoms with E-state index in [4.69, 9.17) is 0 Å². The molecule has 2 aromatic carbocycles. The molecule has 0 saturated carbocycles. The van der Waals surface area contributed by atoms with E-state index >= 15 is 0 Å². The van der Waals surface area contributed by atoms with Gasteiger partial charge in [-0.1, -0.05) is 36.4 Å². The Morgan fingerprint density at radius 2 is 0.952 bits per heavy atom. The normalized spacial score (nSPS) is 13.8. The topological polar surface area (TPSA) is 106 Å². The van der Waals surface area contributed by atoms with Crippen LogP contribution in [-0.2, 0) is 26.0 Å². The fourth-order valence-electron chi connectivity index (χ4n) is 1.58. The molecule has 0 spiro atoms. The maximum atomic E-state index is 12.2. The number of benzene rings is 2. The van der Waals surface area contributed by atoms with Crippen LogP contribution in [0.2, 0.25) is 0 Å². The molecular formula is C12H12O6S3. The Hall–Kier alpha value is -1.55. The molecule has 0 heterocycles. The first-order chi connectivity index (χ1) is 9.71. The average molecular weight is 348 g/mol. The molecule has 2 aromatic rings. The minimum absolute atomic E-state index is 0.518. The van der Waals surface area contributed by atoms with Gasteiger partial charge < -0.3 is 0 Å². The van der Waals surface area contributed by atoms with Crippen LogP contribution in [-0.4, -0.2) is 25.6 Å². The van der Waals surface area contributed by atoms with E-state index in [-0.39, 0.29) is 0 Å². The molecule has 0 bridgehead atoms. The third kappa shape index (κ3) is 2.53. The van der Waals surface area contributed by atoms with E-state index in [2.05, 4.69) is 0 Å². The number of rotatable bonds is 4. The summed E-state index contributed by atoms with van der Waals surface area (Å²) in [5, 5.41) is 0. The van der Waals surface area contributed by atoms with Crippen LogP contribution in [0.25, 0.3) is 0 Å². The largest absolute Gasteiger partial charge is 0.282 e. The maximum Gasteiger partial charge on any atom is 0.282 e. The maximum absolute atomic E-state index is 12.2. The van der Waals surface area contributed by atoms with E-state index in [9.17, 15) is 25.6 Å². The van der Waals surface area contributed by atoms with Gasteiger partial charge in [0.25, 0.3) is 17.7 Å². The third-order valence-corrected chi connectivity index (χ3v) is 14.1. The van der Waals surface area contributed by atoms with Crippen LogP contribution < -0.4 is 0 Å². The van der Waals surface area contributed by atoms with Gasteiger partial charge in [0.05, 0.1) is 9.79 Å². The highest BCUT2D eigenvalue weighted by Crippen LogP contribution is 2.31. The molecule has 114 valence electrons. The molecule has 0 aromatic heterocycles. The summed E-state index contributed by atoms with van der Waals surface area (Å²) in [4.78, 5) is -1.04. The van der Waals surface area contributed by atoms with Crippen molar-refractivity contribution in [3.05, 3.63) is 60.7 Å². The molecule has 0 aliphatic heterocycles. The van der Waals surface area contributed by atoms with Gasteiger partial charge >= 0.3 is 0 Å². The van der Waals surface area contributed by atoms with Gasteiger partial charge in [-0.25, -0.2) is 16.8 Å². The molecule has 0 radical (unpaired) electrons. The fraction of sp³-hybridized carbons (Fsp3) is 0. The predicted octanol–water partition coefficient (Wildman–Crippen LogP) is 1.25. The van der Waals surface area contributed by atoms with E-state index < -0.39 is 35.8 Å². The molecule has 9 heteroatoms. The highest BCUT2D eigenvalue weighted by molar-refractivity contribution is 9.02. The molecular weight excluding hydrogens is 336 g/mol. The van der Waals surface area contributed by atoms with Crippen LogP contribution in [0, 0.1) is 0 Å². The standard InChI is InChI=1S/C12H12O6S3/c13-19(14,11-7-3-1-4-8-11)21(17,18)20(15,16)12-9-5-2-6-10-12/h1-10,21H,(H,17,18). The lowest BCUT2D eigenvalue weighted by molar-refractivity contribution is 0.545. The minimum Gasteiger partial charge on any atom is -0.280 e. The van der Waals surface area contributed by atoms with Crippen LogP contribution in [0.1, 0.15) is 0 Å². The monoisotopic (exact) mass is 348 g/mol. The van der Waals surface area contributed by atoms with Gasteiger partial charge in [-0.3, -0.25) is 4.55 Å². The summed E-state index contributed by atoms with van der Waals surface area (Å²) in [5.41, 5.74) is 0. The summed E-state index contributed by atoms with van der Waals surface area (Å²) in [6, 6.07) is 12.6. The fourth-order valence-corrected chi connectivity index (χ4v) is 10.4. The summed E-state index contributed by atoms with van der Waals surface area (Å²) in [6.07, 6.45) is 0. The zero-order chi connectivity index (χ0) is 15.7. The van der Waals surface area contributed by atoms with E-state index in [0.29, 0.717) is 0 Å². The summed E-state index contributed by atoms with van der Waals surface area (Å²) < 4.78 is 70.8. The van der Waals surface area contributed by atoms with E-state index in [0.717, 1.165) is 24.3 Å². The Kier molecular flexibility index (Phi) is 4.02. The number of thiol groups is 1. The summed E-state index contributed by atoms with van der Waals surface area (Å²) in [5.74, 6) is 0. The van der Waals surface area contributed by atoms with Gasteiger partial charge in [0, 0.05) is 0 Å². The Morgan fingerprint density at radius 1 is 0.667 bits per heavy atom. The van der Waals surface area contributed by atoms with Gasteiger partial charge in [-0.15, -0.1) is 0 Å².